The van der Waals surface area contributed by atoms with Crippen LogP contribution in [0.5, 0.6) is 0 Å². The molecule has 0 fully saturated rings. The number of rotatable bonds is 5. The number of hydrogen-bond donors (Lipinski definition) is 0. The number of fused-ring (bicyclic) bond motifs is 1. The van der Waals surface area contributed by atoms with Gasteiger partial charge in [-0.15, -0.1) is 5.10 Å². The summed E-state index contributed by atoms with van der Waals surface area (Å²) in [6.07, 6.45) is 3.11. The molecule has 0 bridgehead atoms. The van der Waals surface area contributed by atoms with Crippen LogP contribution in [0.4, 0.5) is 0 Å². The molecule has 8 nitrogen and oxygen atoms in total. The summed E-state index contributed by atoms with van der Waals surface area (Å²) in [4.78, 5) is 26.6. The average Bonchev–Trinajstić information content (AvgIpc) is 3.39. The standard InChI is InChI=1S/C23H19N5O3/c1-16-22-19(13-21(29)26(16)15-18-9-6-12-31-18)27(14-17-7-3-2-4-8-17)28(23(22)30)20-10-5-11-24-25-20/h2-13H,14-15H2,1H3. The van der Waals surface area contributed by atoms with E-state index < -0.39 is 0 Å². The Kier molecular flexibility index (Phi) is 4.59. The molecule has 0 amide bonds. The highest BCUT2D eigenvalue weighted by Crippen LogP contribution is 2.19. The predicted molar refractivity (Wildman–Crippen MR) is 115 cm³/mol. The van der Waals surface area contributed by atoms with E-state index in [0.717, 1.165) is 5.56 Å². The quantitative estimate of drug-likeness (QED) is 0.442. The molecule has 0 radical (unpaired) electrons. The minimum Gasteiger partial charge on any atom is -0.467 e. The van der Waals surface area contributed by atoms with E-state index in [9.17, 15) is 9.59 Å². The normalized spacial score (nSPS) is 11.3. The Hall–Kier alpha value is -4.20. The molecule has 0 atom stereocenters. The molecule has 1 aromatic carbocycles. The molecule has 31 heavy (non-hydrogen) atoms. The number of aryl methyl sites for hydroxylation is 1. The lowest BCUT2D eigenvalue weighted by atomic mass is 10.2. The van der Waals surface area contributed by atoms with Crippen molar-refractivity contribution in [2.24, 2.45) is 0 Å². The fraction of sp³-hybridized carbons (Fsp3) is 0.130. The Labute approximate surface area is 176 Å². The maximum absolute atomic E-state index is 13.6. The Bertz CT molecular complexity index is 1460. The van der Waals surface area contributed by atoms with Crippen LogP contribution in [-0.4, -0.2) is 24.1 Å². The first-order valence-electron chi connectivity index (χ1n) is 9.84. The Morgan fingerprint density at radius 3 is 2.52 bits per heavy atom. The van der Waals surface area contributed by atoms with Crippen LogP contribution in [-0.2, 0) is 13.1 Å². The van der Waals surface area contributed by atoms with Crippen LogP contribution in [0, 0.1) is 6.92 Å². The Morgan fingerprint density at radius 2 is 1.81 bits per heavy atom. The van der Waals surface area contributed by atoms with E-state index in [-0.39, 0.29) is 17.7 Å². The van der Waals surface area contributed by atoms with Gasteiger partial charge >= 0.3 is 0 Å². The number of hydrogen-bond acceptors (Lipinski definition) is 5. The monoisotopic (exact) mass is 413 g/mol. The second-order valence-corrected chi connectivity index (χ2v) is 7.24. The first-order chi connectivity index (χ1) is 15.1. The van der Waals surface area contributed by atoms with Crippen LogP contribution < -0.4 is 11.1 Å². The van der Waals surface area contributed by atoms with Crippen LogP contribution in [0.15, 0.2) is 87.1 Å². The predicted octanol–water partition coefficient (Wildman–Crippen LogP) is 2.74. The lowest BCUT2D eigenvalue weighted by Gasteiger charge is -2.12. The topological polar surface area (TPSA) is 87.9 Å². The van der Waals surface area contributed by atoms with Gasteiger partial charge in [0.1, 0.15) is 5.76 Å². The van der Waals surface area contributed by atoms with Gasteiger partial charge in [0.2, 0.25) is 0 Å². The molecule has 154 valence electrons. The Balaban J connectivity index is 1.79. The summed E-state index contributed by atoms with van der Waals surface area (Å²) >= 11 is 0. The van der Waals surface area contributed by atoms with Crippen molar-refractivity contribution in [3.63, 3.8) is 0 Å². The van der Waals surface area contributed by atoms with Gasteiger partial charge in [-0.2, -0.15) is 9.78 Å². The van der Waals surface area contributed by atoms with Crippen molar-refractivity contribution < 1.29 is 4.42 Å². The summed E-state index contributed by atoms with van der Waals surface area (Å²) in [5, 5.41) is 8.53. The van der Waals surface area contributed by atoms with Gasteiger partial charge in [-0.3, -0.25) is 14.3 Å². The van der Waals surface area contributed by atoms with Crippen LogP contribution in [0.1, 0.15) is 17.0 Å². The van der Waals surface area contributed by atoms with Crippen molar-refractivity contribution in [3.8, 4) is 5.82 Å². The number of furan rings is 1. The average molecular weight is 413 g/mol. The molecule has 0 saturated heterocycles. The summed E-state index contributed by atoms with van der Waals surface area (Å²) in [6, 6.07) is 18.3. The SMILES string of the molecule is Cc1c2c(=O)n(-c3cccnn3)n(Cc3ccccc3)c2cc(=O)n1Cc1ccco1. The van der Waals surface area contributed by atoms with Crippen LogP contribution in [0.25, 0.3) is 16.7 Å². The molecule has 0 N–H and O–H groups in total. The molecule has 0 aliphatic heterocycles. The maximum atomic E-state index is 13.6. The fourth-order valence-electron chi connectivity index (χ4n) is 3.85. The molecular weight excluding hydrogens is 394 g/mol. The molecule has 0 aliphatic rings. The maximum Gasteiger partial charge on any atom is 0.282 e. The van der Waals surface area contributed by atoms with Gasteiger partial charge in [-0.25, -0.2) is 0 Å². The van der Waals surface area contributed by atoms with Gasteiger partial charge < -0.3 is 8.98 Å². The van der Waals surface area contributed by atoms with Crippen molar-refractivity contribution >= 4 is 10.9 Å². The van der Waals surface area contributed by atoms with E-state index >= 15 is 0 Å². The molecule has 0 unspecified atom stereocenters. The largest absolute Gasteiger partial charge is 0.467 e. The second kappa shape index (κ2) is 7.56. The molecule has 4 aromatic heterocycles. The van der Waals surface area contributed by atoms with Gasteiger partial charge in [0.15, 0.2) is 5.82 Å². The summed E-state index contributed by atoms with van der Waals surface area (Å²) in [5.41, 5.74) is 1.66. The van der Waals surface area contributed by atoms with E-state index in [1.165, 1.54) is 10.7 Å². The highest BCUT2D eigenvalue weighted by atomic mass is 16.3. The third-order valence-electron chi connectivity index (χ3n) is 5.32. The van der Waals surface area contributed by atoms with E-state index in [4.69, 9.17) is 4.42 Å². The van der Waals surface area contributed by atoms with Crippen molar-refractivity contribution in [2.75, 3.05) is 0 Å². The molecular formula is C23H19N5O3. The lowest BCUT2D eigenvalue weighted by molar-refractivity contribution is 0.487. The smallest absolute Gasteiger partial charge is 0.282 e. The molecule has 5 aromatic rings. The van der Waals surface area contributed by atoms with Crippen LogP contribution in [0.2, 0.25) is 0 Å². The van der Waals surface area contributed by atoms with Crippen molar-refractivity contribution in [1.82, 2.24) is 24.1 Å². The van der Waals surface area contributed by atoms with Gasteiger partial charge in [0.05, 0.1) is 30.3 Å². The zero-order valence-electron chi connectivity index (χ0n) is 16.8. The minimum absolute atomic E-state index is 0.209. The Morgan fingerprint density at radius 1 is 0.968 bits per heavy atom. The molecule has 8 heteroatoms. The van der Waals surface area contributed by atoms with Gasteiger partial charge in [0.25, 0.3) is 11.1 Å². The highest BCUT2D eigenvalue weighted by molar-refractivity contribution is 5.81. The molecule has 0 spiro atoms. The van der Waals surface area contributed by atoms with Gasteiger partial charge in [-0.1, -0.05) is 30.3 Å². The minimum atomic E-state index is -0.253. The first kappa shape index (κ1) is 18.8. The molecule has 0 aliphatic carbocycles. The number of benzene rings is 1. The number of aromatic nitrogens is 5. The summed E-state index contributed by atoms with van der Waals surface area (Å²) in [7, 11) is 0. The van der Waals surface area contributed by atoms with E-state index in [1.807, 2.05) is 30.3 Å². The number of nitrogens with zero attached hydrogens (tertiary/aromatic N) is 5. The third-order valence-corrected chi connectivity index (χ3v) is 5.32. The van der Waals surface area contributed by atoms with E-state index in [1.54, 1.807) is 52.9 Å². The van der Waals surface area contributed by atoms with Gasteiger partial charge in [0, 0.05) is 18.0 Å². The lowest BCUT2D eigenvalue weighted by Crippen LogP contribution is -2.24. The number of pyridine rings is 1. The van der Waals surface area contributed by atoms with Crippen molar-refractivity contribution in [3.05, 3.63) is 111 Å². The van der Waals surface area contributed by atoms with Crippen molar-refractivity contribution in [2.45, 2.75) is 20.0 Å². The van der Waals surface area contributed by atoms with E-state index in [0.29, 0.717) is 34.7 Å². The van der Waals surface area contributed by atoms with Crippen LogP contribution >= 0.6 is 0 Å². The summed E-state index contributed by atoms with van der Waals surface area (Å²) in [6.45, 7) is 2.43. The van der Waals surface area contributed by atoms with E-state index in [2.05, 4.69) is 10.2 Å². The van der Waals surface area contributed by atoms with Gasteiger partial charge in [-0.05, 0) is 36.8 Å². The zero-order chi connectivity index (χ0) is 21.4. The molecule has 0 saturated carbocycles. The molecule has 5 rings (SSSR count). The first-order valence-corrected chi connectivity index (χ1v) is 9.84. The summed E-state index contributed by atoms with van der Waals surface area (Å²) in [5.74, 6) is 1.03. The second-order valence-electron chi connectivity index (χ2n) is 7.24. The highest BCUT2D eigenvalue weighted by Gasteiger charge is 2.21. The third kappa shape index (κ3) is 3.28. The summed E-state index contributed by atoms with van der Waals surface area (Å²) < 4.78 is 10.2. The fourth-order valence-corrected chi connectivity index (χ4v) is 3.85. The molecule has 4 heterocycles. The zero-order valence-corrected chi connectivity index (χ0v) is 16.8. The van der Waals surface area contributed by atoms with Crippen LogP contribution in [0.3, 0.4) is 0 Å². The van der Waals surface area contributed by atoms with Crippen molar-refractivity contribution in [1.29, 1.82) is 0 Å².